The van der Waals surface area contributed by atoms with E-state index in [4.69, 9.17) is 0 Å². The maximum atomic E-state index is 12.4. The Morgan fingerprint density at radius 1 is 0.870 bits per heavy atom. The van der Waals surface area contributed by atoms with Gasteiger partial charge in [-0.25, -0.2) is 0 Å². The minimum absolute atomic E-state index is 0.0729. The summed E-state index contributed by atoms with van der Waals surface area (Å²) in [6.07, 6.45) is 0.209. The van der Waals surface area contributed by atoms with Gasteiger partial charge in [0.1, 0.15) is 0 Å². The highest BCUT2D eigenvalue weighted by Gasteiger charge is 2.19. The molecule has 0 saturated heterocycles. The predicted octanol–water partition coefficient (Wildman–Crippen LogP) is 3.07. The lowest BCUT2D eigenvalue weighted by atomic mass is 10.0. The van der Waals surface area contributed by atoms with E-state index in [0.717, 1.165) is 5.56 Å². The molecular formula is C19H22N2O2. The molecule has 0 aliphatic heterocycles. The Kier molecular flexibility index (Phi) is 5.92. The van der Waals surface area contributed by atoms with E-state index in [1.54, 1.807) is 12.1 Å². The highest BCUT2D eigenvalue weighted by atomic mass is 16.2. The van der Waals surface area contributed by atoms with E-state index in [1.807, 2.05) is 62.4 Å². The van der Waals surface area contributed by atoms with Crippen LogP contribution in [0.3, 0.4) is 0 Å². The molecule has 4 heteroatoms. The molecule has 120 valence electrons. The SMILES string of the molecule is CC(C)NC(=O)CC(NC(=O)c1ccccc1)c1ccccc1. The number of rotatable bonds is 6. The molecule has 0 spiro atoms. The van der Waals surface area contributed by atoms with Crippen LogP contribution in [0.15, 0.2) is 60.7 Å². The molecule has 0 aliphatic rings. The van der Waals surface area contributed by atoms with Crippen LogP contribution in [0.1, 0.15) is 42.2 Å². The van der Waals surface area contributed by atoms with Gasteiger partial charge >= 0.3 is 0 Å². The largest absolute Gasteiger partial charge is 0.354 e. The van der Waals surface area contributed by atoms with Gasteiger partial charge < -0.3 is 10.6 Å². The summed E-state index contributed by atoms with van der Waals surface area (Å²) in [4.78, 5) is 24.5. The molecule has 1 atom stereocenters. The Labute approximate surface area is 136 Å². The Hall–Kier alpha value is -2.62. The van der Waals surface area contributed by atoms with Gasteiger partial charge in [0.2, 0.25) is 5.91 Å². The fraction of sp³-hybridized carbons (Fsp3) is 0.263. The maximum absolute atomic E-state index is 12.4. The van der Waals surface area contributed by atoms with Gasteiger partial charge in [-0.15, -0.1) is 0 Å². The second-order valence-corrected chi connectivity index (χ2v) is 5.73. The van der Waals surface area contributed by atoms with Gasteiger partial charge in [-0.05, 0) is 31.5 Å². The third kappa shape index (κ3) is 5.25. The first-order chi connectivity index (χ1) is 11.1. The van der Waals surface area contributed by atoms with Crippen molar-refractivity contribution >= 4 is 11.8 Å². The molecule has 0 bridgehead atoms. The van der Waals surface area contributed by atoms with E-state index in [0.29, 0.717) is 5.56 Å². The van der Waals surface area contributed by atoms with Crippen LogP contribution in [0.2, 0.25) is 0 Å². The third-order valence-corrected chi connectivity index (χ3v) is 3.38. The maximum Gasteiger partial charge on any atom is 0.251 e. The van der Waals surface area contributed by atoms with Crippen molar-refractivity contribution in [3.05, 3.63) is 71.8 Å². The topological polar surface area (TPSA) is 58.2 Å². The standard InChI is InChI=1S/C19H22N2O2/c1-14(2)20-18(22)13-17(15-9-5-3-6-10-15)21-19(23)16-11-7-4-8-12-16/h3-12,14,17H,13H2,1-2H3,(H,20,22)(H,21,23). The number of hydrogen-bond donors (Lipinski definition) is 2. The summed E-state index contributed by atoms with van der Waals surface area (Å²) in [5.74, 6) is -0.265. The molecule has 0 aromatic heterocycles. The molecule has 4 nitrogen and oxygen atoms in total. The molecule has 2 amide bonds. The molecule has 2 aromatic carbocycles. The molecule has 0 radical (unpaired) electrons. The molecule has 0 saturated carbocycles. The fourth-order valence-corrected chi connectivity index (χ4v) is 2.33. The summed E-state index contributed by atoms with van der Waals surface area (Å²) >= 11 is 0. The number of amides is 2. The van der Waals surface area contributed by atoms with Crippen molar-refractivity contribution in [2.24, 2.45) is 0 Å². The highest BCUT2D eigenvalue weighted by Crippen LogP contribution is 2.17. The molecule has 0 heterocycles. The zero-order valence-corrected chi connectivity index (χ0v) is 13.5. The zero-order chi connectivity index (χ0) is 16.7. The third-order valence-electron chi connectivity index (χ3n) is 3.38. The van der Waals surface area contributed by atoms with Crippen LogP contribution in [-0.2, 0) is 4.79 Å². The normalized spacial score (nSPS) is 11.8. The molecule has 2 aromatic rings. The van der Waals surface area contributed by atoms with Crippen molar-refractivity contribution in [3.8, 4) is 0 Å². The molecule has 2 rings (SSSR count). The molecule has 0 aliphatic carbocycles. The predicted molar refractivity (Wildman–Crippen MR) is 91.0 cm³/mol. The highest BCUT2D eigenvalue weighted by molar-refractivity contribution is 5.94. The average Bonchev–Trinajstić information content (AvgIpc) is 2.55. The number of carbonyl (C=O) groups is 2. The summed E-state index contributed by atoms with van der Waals surface area (Å²) < 4.78 is 0. The average molecular weight is 310 g/mol. The molecular weight excluding hydrogens is 288 g/mol. The summed E-state index contributed by atoms with van der Waals surface area (Å²) in [5, 5.41) is 5.82. The van der Waals surface area contributed by atoms with Crippen molar-refractivity contribution in [1.29, 1.82) is 0 Å². The van der Waals surface area contributed by atoms with Crippen LogP contribution >= 0.6 is 0 Å². The Bertz CT molecular complexity index is 639. The second kappa shape index (κ2) is 8.13. The number of hydrogen-bond acceptors (Lipinski definition) is 2. The van der Waals surface area contributed by atoms with Crippen molar-refractivity contribution in [2.75, 3.05) is 0 Å². The van der Waals surface area contributed by atoms with Crippen LogP contribution in [-0.4, -0.2) is 17.9 Å². The van der Waals surface area contributed by atoms with Crippen LogP contribution in [0, 0.1) is 0 Å². The van der Waals surface area contributed by atoms with Crippen molar-refractivity contribution in [1.82, 2.24) is 10.6 Å². The van der Waals surface area contributed by atoms with Crippen LogP contribution in [0.4, 0.5) is 0 Å². The van der Waals surface area contributed by atoms with E-state index in [1.165, 1.54) is 0 Å². The summed E-state index contributed by atoms with van der Waals surface area (Å²) in [5.41, 5.74) is 1.49. The van der Waals surface area contributed by atoms with Crippen molar-refractivity contribution in [2.45, 2.75) is 32.4 Å². The van der Waals surface area contributed by atoms with Gasteiger partial charge in [0.05, 0.1) is 12.5 Å². The van der Waals surface area contributed by atoms with Gasteiger partial charge in [0, 0.05) is 11.6 Å². The quantitative estimate of drug-likeness (QED) is 0.861. The van der Waals surface area contributed by atoms with E-state index >= 15 is 0 Å². The van der Waals surface area contributed by atoms with Gasteiger partial charge in [-0.2, -0.15) is 0 Å². The minimum Gasteiger partial charge on any atom is -0.354 e. The smallest absolute Gasteiger partial charge is 0.251 e. The first-order valence-electron chi connectivity index (χ1n) is 7.76. The number of nitrogens with one attached hydrogen (secondary N) is 2. The summed E-state index contributed by atoms with van der Waals surface area (Å²) in [7, 11) is 0. The molecule has 2 N–H and O–H groups in total. The first-order valence-corrected chi connectivity index (χ1v) is 7.76. The lowest BCUT2D eigenvalue weighted by Crippen LogP contribution is -2.36. The lowest BCUT2D eigenvalue weighted by molar-refractivity contribution is -0.122. The molecule has 0 fully saturated rings. The van der Waals surface area contributed by atoms with Crippen molar-refractivity contribution < 1.29 is 9.59 Å². The number of carbonyl (C=O) groups excluding carboxylic acids is 2. The van der Waals surface area contributed by atoms with E-state index in [-0.39, 0.29) is 30.3 Å². The number of benzene rings is 2. The lowest BCUT2D eigenvalue weighted by Gasteiger charge is -2.20. The van der Waals surface area contributed by atoms with E-state index < -0.39 is 0 Å². The van der Waals surface area contributed by atoms with Crippen LogP contribution in [0.5, 0.6) is 0 Å². The Morgan fingerprint density at radius 3 is 2.00 bits per heavy atom. The van der Waals surface area contributed by atoms with Gasteiger partial charge in [-0.3, -0.25) is 9.59 Å². The first kappa shape index (κ1) is 16.7. The Morgan fingerprint density at radius 2 is 1.43 bits per heavy atom. The zero-order valence-electron chi connectivity index (χ0n) is 13.5. The van der Waals surface area contributed by atoms with Crippen LogP contribution < -0.4 is 10.6 Å². The van der Waals surface area contributed by atoms with Gasteiger partial charge in [-0.1, -0.05) is 48.5 Å². The monoisotopic (exact) mass is 310 g/mol. The van der Waals surface area contributed by atoms with Gasteiger partial charge in [0.25, 0.3) is 5.91 Å². The Balaban J connectivity index is 2.14. The van der Waals surface area contributed by atoms with Crippen LogP contribution in [0.25, 0.3) is 0 Å². The molecule has 23 heavy (non-hydrogen) atoms. The van der Waals surface area contributed by atoms with E-state index in [9.17, 15) is 9.59 Å². The summed E-state index contributed by atoms with van der Waals surface area (Å²) in [6.45, 7) is 3.83. The summed E-state index contributed by atoms with van der Waals surface area (Å²) in [6, 6.07) is 18.3. The van der Waals surface area contributed by atoms with Gasteiger partial charge in [0.15, 0.2) is 0 Å². The minimum atomic E-state index is -0.359. The van der Waals surface area contributed by atoms with E-state index in [2.05, 4.69) is 10.6 Å². The fourth-order valence-electron chi connectivity index (χ4n) is 2.33. The second-order valence-electron chi connectivity index (χ2n) is 5.73. The van der Waals surface area contributed by atoms with Crippen molar-refractivity contribution in [3.63, 3.8) is 0 Å². The molecule has 1 unspecified atom stereocenters.